The van der Waals surface area contributed by atoms with Crippen molar-refractivity contribution in [2.45, 2.75) is 31.1 Å². The summed E-state index contributed by atoms with van der Waals surface area (Å²) < 4.78 is 5.38. The number of nitrogens with one attached hydrogen (secondary N) is 2. The van der Waals surface area contributed by atoms with Crippen LogP contribution < -0.4 is 5.32 Å². The molecule has 1 atom stereocenters. The predicted octanol–water partition coefficient (Wildman–Crippen LogP) is 1.38. The molecule has 3 heterocycles. The van der Waals surface area contributed by atoms with E-state index >= 15 is 0 Å². The Labute approximate surface area is 95.8 Å². The Morgan fingerprint density at radius 1 is 1.19 bits per heavy atom. The molecule has 2 aliphatic rings. The maximum Gasteiger partial charge on any atom is 0.110 e. The Bertz CT molecular complexity index is 338. The van der Waals surface area contributed by atoms with Crippen molar-refractivity contribution in [1.82, 2.24) is 15.3 Å². The molecule has 88 valence electrons. The van der Waals surface area contributed by atoms with Crippen molar-refractivity contribution >= 4 is 0 Å². The number of hydrogen-bond donors (Lipinski definition) is 2. The second-order valence-corrected chi connectivity index (χ2v) is 4.80. The van der Waals surface area contributed by atoms with Gasteiger partial charge in [-0.2, -0.15) is 0 Å². The lowest BCUT2D eigenvalue weighted by Crippen LogP contribution is -2.14. The van der Waals surface area contributed by atoms with Gasteiger partial charge in [0.2, 0.25) is 0 Å². The van der Waals surface area contributed by atoms with E-state index in [9.17, 15) is 0 Å². The van der Waals surface area contributed by atoms with E-state index in [2.05, 4.69) is 15.3 Å². The lowest BCUT2D eigenvalue weighted by Gasteiger charge is -2.20. The summed E-state index contributed by atoms with van der Waals surface area (Å²) in [5, 5.41) is 3.38. The van der Waals surface area contributed by atoms with E-state index < -0.39 is 0 Å². The highest BCUT2D eigenvalue weighted by atomic mass is 16.5. The fraction of sp³-hybridized carbons (Fsp3) is 0.750. The molecule has 2 fully saturated rings. The molecule has 0 saturated carbocycles. The number of H-pyrrole nitrogens is 1. The highest BCUT2D eigenvalue weighted by Crippen LogP contribution is 2.27. The highest BCUT2D eigenvalue weighted by molar-refractivity contribution is 5.12. The monoisotopic (exact) mass is 221 g/mol. The Balaban J connectivity index is 1.71. The summed E-state index contributed by atoms with van der Waals surface area (Å²) in [4.78, 5) is 8.06. The van der Waals surface area contributed by atoms with Gasteiger partial charge in [-0.25, -0.2) is 4.98 Å². The van der Waals surface area contributed by atoms with Crippen LogP contribution in [0.3, 0.4) is 0 Å². The summed E-state index contributed by atoms with van der Waals surface area (Å²) in [6.45, 7) is 3.98. The van der Waals surface area contributed by atoms with Gasteiger partial charge in [0, 0.05) is 43.5 Å². The third kappa shape index (κ3) is 1.99. The van der Waals surface area contributed by atoms with E-state index in [0.29, 0.717) is 11.8 Å². The zero-order chi connectivity index (χ0) is 10.8. The third-order valence-electron chi connectivity index (χ3n) is 3.72. The van der Waals surface area contributed by atoms with Crippen LogP contribution in [0.1, 0.15) is 42.6 Å². The predicted molar refractivity (Wildman–Crippen MR) is 61.6 cm³/mol. The second-order valence-electron chi connectivity index (χ2n) is 4.80. The number of ether oxygens (including phenoxy) is 1. The molecule has 0 aliphatic carbocycles. The first-order valence-electron chi connectivity index (χ1n) is 6.27. The summed E-state index contributed by atoms with van der Waals surface area (Å²) in [6.07, 6.45) is 5.50. The van der Waals surface area contributed by atoms with Crippen molar-refractivity contribution in [1.29, 1.82) is 0 Å². The molecule has 0 spiro atoms. The smallest absolute Gasteiger partial charge is 0.110 e. The largest absolute Gasteiger partial charge is 0.381 e. The van der Waals surface area contributed by atoms with Gasteiger partial charge in [0.1, 0.15) is 5.82 Å². The maximum atomic E-state index is 5.38. The van der Waals surface area contributed by atoms with Crippen molar-refractivity contribution in [3.63, 3.8) is 0 Å². The molecule has 2 saturated heterocycles. The maximum absolute atomic E-state index is 5.38. The number of imidazole rings is 1. The van der Waals surface area contributed by atoms with Gasteiger partial charge in [-0.3, -0.25) is 0 Å². The molecule has 4 heteroatoms. The highest BCUT2D eigenvalue weighted by Gasteiger charge is 2.22. The van der Waals surface area contributed by atoms with Gasteiger partial charge in [0.05, 0.1) is 0 Å². The molecule has 0 bridgehead atoms. The van der Waals surface area contributed by atoms with E-state index in [1.807, 2.05) is 6.20 Å². The number of rotatable bonds is 2. The van der Waals surface area contributed by atoms with E-state index in [0.717, 1.165) is 39.1 Å². The Morgan fingerprint density at radius 3 is 2.81 bits per heavy atom. The van der Waals surface area contributed by atoms with Gasteiger partial charge in [-0.1, -0.05) is 0 Å². The van der Waals surface area contributed by atoms with Crippen LogP contribution in [-0.2, 0) is 4.74 Å². The molecule has 1 aromatic rings. The average molecular weight is 221 g/mol. The summed E-state index contributed by atoms with van der Waals surface area (Å²) in [7, 11) is 0. The minimum absolute atomic E-state index is 0.591. The fourth-order valence-electron chi connectivity index (χ4n) is 2.66. The SMILES string of the molecule is c1nc(C2CCNC2)[nH]c1C1CCOCC1. The van der Waals surface area contributed by atoms with E-state index in [-0.39, 0.29) is 0 Å². The lowest BCUT2D eigenvalue weighted by molar-refractivity contribution is 0.0845. The topological polar surface area (TPSA) is 49.9 Å². The van der Waals surface area contributed by atoms with Crippen LogP contribution >= 0.6 is 0 Å². The fourth-order valence-corrected chi connectivity index (χ4v) is 2.66. The van der Waals surface area contributed by atoms with Crippen LogP contribution in [0.4, 0.5) is 0 Å². The third-order valence-corrected chi connectivity index (χ3v) is 3.72. The van der Waals surface area contributed by atoms with Crippen LogP contribution in [-0.4, -0.2) is 36.3 Å². The molecule has 4 nitrogen and oxygen atoms in total. The van der Waals surface area contributed by atoms with Gasteiger partial charge in [0.25, 0.3) is 0 Å². The molecule has 2 N–H and O–H groups in total. The molecular formula is C12H19N3O. The van der Waals surface area contributed by atoms with Crippen molar-refractivity contribution in [2.75, 3.05) is 26.3 Å². The van der Waals surface area contributed by atoms with E-state index in [4.69, 9.17) is 4.74 Å². The molecule has 0 aromatic carbocycles. The first-order valence-corrected chi connectivity index (χ1v) is 6.27. The van der Waals surface area contributed by atoms with Gasteiger partial charge in [-0.05, 0) is 25.8 Å². The van der Waals surface area contributed by atoms with Crippen LogP contribution in [0.25, 0.3) is 0 Å². The van der Waals surface area contributed by atoms with Crippen LogP contribution in [0.5, 0.6) is 0 Å². The summed E-state index contributed by atoms with van der Waals surface area (Å²) in [6, 6.07) is 0. The number of nitrogens with zero attached hydrogens (tertiary/aromatic N) is 1. The van der Waals surface area contributed by atoms with Crippen molar-refractivity contribution in [2.24, 2.45) is 0 Å². The van der Waals surface area contributed by atoms with Crippen LogP contribution in [0, 0.1) is 0 Å². The Kier molecular flexibility index (Phi) is 2.93. The normalized spacial score (nSPS) is 27.4. The number of aromatic nitrogens is 2. The summed E-state index contributed by atoms with van der Waals surface area (Å²) in [5.74, 6) is 2.39. The van der Waals surface area contributed by atoms with Crippen molar-refractivity contribution < 1.29 is 4.74 Å². The molecular weight excluding hydrogens is 202 g/mol. The first kappa shape index (κ1) is 10.3. The number of hydrogen-bond acceptors (Lipinski definition) is 3. The van der Waals surface area contributed by atoms with Gasteiger partial charge in [0.15, 0.2) is 0 Å². The first-order chi connectivity index (χ1) is 7.93. The molecule has 0 amide bonds. The minimum atomic E-state index is 0.591. The van der Waals surface area contributed by atoms with Crippen molar-refractivity contribution in [3.05, 3.63) is 17.7 Å². The minimum Gasteiger partial charge on any atom is -0.381 e. The molecule has 0 radical (unpaired) electrons. The van der Waals surface area contributed by atoms with Gasteiger partial charge in [-0.15, -0.1) is 0 Å². The standard InChI is InChI=1S/C12H19N3O/c1-4-13-7-10(1)12-14-8-11(15-12)9-2-5-16-6-3-9/h8-10,13H,1-7H2,(H,14,15). The Hall–Kier alpha value is -0.870. The zero-order valence-corrected chi connectivity index (χ0v) is 9.54. The average Bonchev–Trinajstić information content (AvgIpc) is 3.01. The zero-order valence-electron chi connectivity index (χ0n) is 9.54. The van der Waals surface area contributed by atoms with E-state index in [1.165, 1.54) is 17.9 Å². The molecule has 3 rings (SSSR count). The Morgan fingerprint density at radius 2 is 2.06 bits per heavy atom. The van der Waals surface area contributed by atoms with Gasteiger partial charge >= 0.3 is 0 Å². The number of aromatic amines is 1. The molecule has 1 unspecified atom stereocenters. The second kappa shape index (κ2) is 4.55. The van der Waals surface area contributed by atoms with Crippen LogP contribution in [0.15, 0.2) is 6.20 Å². The van der Waals surface area contributed by atoms with E-state index in [1.54, 1.807) is 0 Å². The van der Waals surface area contributed by atoms with Crippen molar-refractivity contribution in [3.8, 4) is 0 Å². The van der Waals surface area contributed by atoms with Gasteiger partial charge < -0.3 is 15.0 Å². The lowest BCUT2D eigenvalue weighted by atomic mass is 9.97. The summed E-state index contributed by atoms with van der Waals surface area (Å²) in [5.41, 5.74) is 1.31. The molecule has 1 aromatic heterocycles. The quantitative estimate of drug-likeness (QED) is 0.793. The van der Waals surface area contributed by atoms with Crippen LogP contribution in [0.2, 0.25) is 0 Å². The molecule has 16 heavy (non-hydrogen) atoms. The molecule has 2 aliphatic heterocycles. The summed E-state index contributed by atoms with van der Waals surface area (Å²) >= 11 is 0.